The SMILES string of the molecule is CCOc1ccc(C(N)CCS)cc1F. The van der Waals surface area contributed by atoms with Crippen LogP contribution in [-0.4, -0.2) is 12.4 Å². The van der Waals surface area contributed by atoms with Gasteiger partial charge in [-0.3, -0.25) is 0 Å². The van der Waals surface area contributed by atoms with Crippen molar-refractivity contribution < 1.29 is 9.13 Å². The lowest BCUT2D eigenvalue weighted by Gasteiger charge is -2.12. The highest BCUT2D eigenvalue weighted by atomic mass is 32.1. The van der Waals surface area contributed by atoms with E-state index in [4.69, 9.17) is 10.5 Å². The van der Waals surface area contributed by atoms with Gasteiger partial charge in [0.15, 0.2) is 11.6 Å². The van der Waals surface area contributed by atoms with Gasteiger partial charge in [-0.25, -0.2) is 4.39 Å². The lowest BCUT2D eigenvalue weighted by Crippen LogP contribution is -2.11. The van der Waals surface area contributed by atoms with Crippen molar-refractivity contribution in [1.29, 1.82) is 0 Å². The fourth-order valence-electron chi connectivity index (χ4n) is 1.33. The van der Waals surface area contributed by atoms with Gasteiger partial charge >= 0.3 is 0 Å². The normalized spacial score (nSPS) is 12.5. The third-order valence-electron chi connectivity index (χ3n) is 2.12. The molecule has 1 atom stereocenters. The van der Waals surface area contributed by atoms with Crippen molar-refractivity contribution in [3.05, 3.63) is 29.6 Å². The molecule has 0 saturated carbocycles. The summed E-state index contributed by atoms with van der Waals surface area (Å²) in [4.78, 5) is 0. The molecule has 0 spiro atoms. The second-order valence-corrected chi connectivity index (χ2v) is 3.69. The maximum Gasteiger partial charge on any atom is 0.165 e. The largest absolute Gasteiger partial charge is 0.491 e. The Morgan fingerprint density at radius 1 is 1.53 bits per heavy atom. The molecule has 0 radical (unpaired) electrons. The average Bonchev–Trinajstić information content (AvgIpc) is 2.21. The highest BCUT2D eigenvalue weighted by Gasteiger charge is 2.09. The van der Waals surface area contributed by atoms with Crippen molar-refractivity contribution in [1.82, 2.24) is 0 Å². The number of benzene rings is 1. The van der Waals surface area contributed by atoms with E-state index in [0.717, 1.165) is 12.0 Å². The zero-order valence-corrected chi connectivity index (χ0v) is 9.64. The van der Waals surface area contributed by atoms with Crippen LogP contribution in [-0.2, 0) is 0 Å². The van der Waals surface area contributed by atoms with Crippen LogP contribution in [0.3, 0.4) is 0 Å². The van der Waals surface area contributed by atoms with Crippen LogP contribution < -0.4 is 10.5 Å². The molecule has 0 saturated heterocycles. The average molecular weight is 229 g/mol. The molecule has 0 aliphatic carbocycles. The molecule has 0 aliphatic heterocycles. The highest BCUT2D eigenvalue weighted by molar-refractivity contribution is 7.80. The fraction of sp³-hybridized carbons (Fsp3) is 0.455. The number of hydrogen-bond acceptors (Lipinski definition) is 3. The van der Waals surface area contributed by atoms with Crippen LogP contribution in [0.1, 0.15) is 24.9 Å². The third kappa shape index (κ3) is 3.39. The summed E-state index contributed by atoms with van der Waals surface area (Å²) in [5.74, 6) is 0.610. The van der Waals surface area contributed by atoms with Gasteiger partial charge in [0.1, 0.15) is 0 Å². The Morgan fingerprint density at radius 3 is 2.80 bits per heavy atom. The molecule has 0 bridgehead atoms. The minimum atomic E-state index is -0.357. The molecular formula is C11H16FNOS. The number of ether oxygens (including phenoxy) is 1. The van der Waals surface area contributed by atoms with Crippen LogP contribution in [0, 0.1) is 5.82 Å². The van der Waals surface area contributed by atoms with E-state index in [1.54, 1.807) is 12.1 Å². The van der Waals surface area contributed by atoms with E-state index in [2.05, 4.69) is 12.6 Å². The molecule has 0 heterocycles. The van der Waals surface area contributed by atoms with Gasteiger partial charge in [-0.2, -0.15) is 12.6 Å². The molecule has 1 aromatic carbocycles. The van der Waals surface area contributed by atoms with E-state index in [-0.39, 0.29) is 17.6 Å². The summed E-state index contributed by atoms with van der Waals surface area (Å²) in [6, 6.07) is 4.68. The van der Waals surface area contributed by atoms with Gasteiger partial charge in [0.05, 0.1) is 6.61 Å². The third-order valence-corrected chi connectivity index (χ3v) is 2.38. The minimum absolute atomic E-state index is 0.160. The Labute approximate surface area is 95.0 Å². The van der Waals surface area contributed by atoms with Crippen LogP contribution in [0.5, 0.6) is 5.75 Å². The van der Waals surface area contributed by atoms with E-state index in [1.165, 1.54) is 6.07 Å². The summed E-state index contributed by atoms with van der Waals surface area (Å²) in [5, 5.41) is 0. The first-order valence-corrected chi connectivity index (χ1v) is 5.61. The predicted octanol–water partition coefficient (Wildman–Crippen LogP) is 2.54. The predicted molar refractivity (Wildman–Crippen MR) is 63.0 cm³/mol. The molecule has 4 heteroatoms. The van der Waals surface area contributed by atoms with Gasteiger partial charge in [-0.05, 0) is 36.8 Å². The smallest absolute Gasteiger partial charge is 0.165 e. The zero-order valence-electron chi connectivity index (χ0n) is 8.74. The Kier molecular flexibility index (Phi) is 4.91. The molecular weight excluding hydrogens is 213 g/mol. The van der Waals surface area contributed by atoms with Gasteiger partial charge in [0.2, 0.25) is 0 Å². The Morgan fingerprint density at radius 2 is 2.27 bits per heavy atom. The van der Waals surface area contributed by atoms with Gasteiger partial charge < -0.3 is 10.5 Å². The van der Waals surface area contributed by atoms with E-state index in [0.29, 0.717) is 12.4 Å². The van der Waals surface area contributed by atoms with Crippen molar-refractivity contribution in [2.24, 2.45) is 5.73 Å². The van der Waals surface area contributed by atoms with Crippen LogP contribution in [0.2, 0.25) is 0 Å². The van der Waals surface area contributed by atoms with E-state index >= 15 is 0 Å². The molecule has 1 unspecified atom stereocenters. The molecule has 0 aliphatic rings. The minimum Gasteiger partial charge on any atom is -0.491 e. The second kappa shape index (κ2) is 5.98. The van der Waals surface area contributed by atoms with E-state index < -0.39 is 0 Å². The lowest BCUT2D eigenvalue weighted by atomic mass is 10.1. The van der Waals surface area contributed by atoms with E-state index in [1.807, 2.05) is 6.92 Å². The Hall–Kier alpha value is -0.740. The maximum absolute atomic E-state index is 13.4. The Balaban J connectivity index is 2.81. The fourth-order valence-corrected chi connectivity index (χ4v) is 1.60. The first kappa shape index (κ1) is 12.3. The van der Waals surface area contributed by atoms with Gasteiger partial charge in [0, 0.05) is 6.04 Å². The number of nitrogens with two attached hydrogens (primary N) is 1. The number of halogens is 1. The highest BCUT2D eigenvalue weighted by Crippen LogP contribution is 2.22. The molecule has 0 fully saturated rings. The summed E-state index contributed by atoms with van der Waals surface area (Å²) in [6.45, 7) is 2.28. The topological polar surface area (TPSA) is 35.2 Å². The van der Waals surface area contributed by atoms with Crippen LogP contribution in [0.25, 0.3) is 0 Å². The maximum atomic E-state index is 13.4. The second-order valence-electron chi connectivity index (χ2n) is 3.24. The molecule has 1 aromatic rings. The monoisotopic (exact) mass is 229 g/mol. The first-order valence-electron chi connectivity index (χ1n) is 4.97. The summed E-state index contributed by atoms with van der Waals surface area (Å²) in [7, 11) is 0. The van der Waals surface area contributed by atoms with Crippen molar-refractivity contribution in [2.45, 2.75) is 19.4 Å². The zero-order chi connectivity index (χ0) is 11.3. The lowest BCUT2D eigenvalue weighted by molar-refractivity contribution is 0.321. The molecule has 1 rings (SSSR count). The Bertz CT molecular complexity index is 319. The quantitative estimate of drug-likeness (QED) is 0.761. The van der Waals surface area contributed by atoms with Crippen molar-refractivity contribution in [3.8, 4) is 5.75 Å². The molecule has 15 heavy (non-hydrogen) atoms. The standard InChI is InChI=1S/C11H16FNOS/c1-2-14-11-4-3-8(7-9(11)12)10(13)5-6-15/h3-4,7,10,15H,2,5-6,13H2,1H3. The van der Waals surface area contributed by atoms with Crippen LogP contribution >= 0.6 is 12.6 Å². The molecule has 2 N–H and O–H groups in total. The van der Waals surface area contributed by atoms with Crippen LogP contribution in [0.15, 0.2) is 18.2 Å². The molecule has 0 aromatic heterocycles. The van der Waals surface area contributed by atoms with Gasteiger partial charge in [-0.1, -0.05) is 6.07 Å². The van der Waals surface area contributed by atoms with Crippen molar-refractivity contribution >= 4 is 12.6 Å². The first-order chi connectivity index (χ1) is 7.19. The summed E-state index contributed by atoms with van der Waals surface area (Å²) >= 11 is 4.09. The molecule has 2 nitrogen and oxygen atoms in total. The van der Waals surface area contributed by atoms with Gasteiger partial charge in [0.25, 0.3) is 0 Å². The van der Waals surface area contributed by atoms with Crippen molar-refractivity contribution in [2.75, 3.05) is 12.4 Å². The number of thiol groups is 1. The van der Waals surface area contributed by atoms with Crippen LogP contribution in [0.4, 0.5) is 4.39 Å². The van der Waals surface area contributed by atoms with E-state index in [9.17, 15) is 4.39 Å². The molecule has 0 amide bonds. The summed E-state index contributed by atoms with van der Waals surface area (Å²) in [5.41, 5.74) is 6.62. The summed E-state index contributed by atoms with van der Waals surface area (Å²) < 4.78 is 18.5. The number of rotatable bonds is 5. The number of hydrogen-bond donors (Lipinski definition) is 2. The van der Waals surface area contributed by atoms with Crippen molar-refractivity contribution in [3.63, 3.8) is 0 Å². The molecule has 84 valence electrons. The summed E-state index contributed by atoms with van der Waals surface area (Å²) in [6.07, 6.45) is 0.733. The van der Waals surface area contributed by atoms with Gasteiger partial charge in [-0.15, -0.1) is 0 Å².